The highest BCUT2D eigenvalue weighted by Crippen LogP contribution is 2.30. The van der Waals surface area contributed by atoms with Gasteiger partial charge in [-0.25, -0.2) is 0 Å². The average molecular weight is 282 g/mol. The molecule has 1 aliphatic rings. The van der Waals surface area contributed by atoms with Gasteiger partial charge in [0.05, 0.1) is 6.10 Å². The second-order valence-corrected chi connectivity index (χ2v) is 6.09. The Morgan fingerprint density at radius 1 is 1.26 bits per heavy atom. The van der Waals surface area contributed by atoms with E-state index in [9.17, 15) is 0 Å². The summed E-state index contributed by atoms with van der Waals surface area (Å²) in [6, 6.07) is 0.406. The molecule has 1 fully saturated rings. The molecule has 1 aromatic heterocycles. The fraction of sp³-hybridized carbons (Fsp3) is 0.769. The monoisotopic (exact) mass is 282 g/mol. The number of aromatic nitrogens is 3. The summed E-state index contributed by atoms with van der Waals surface area (Å²) in [5.41, 5.74) is 0. The molecule has 0 aromatic carbocycles. The molecular formula is C13H22N4OS. The highest BCUT2D eigenvalue weighted by molar-refractivity contribution is 7.99. The van der Waals surface area contributed by atoms with Gasteiger partial charge in [0.25, 0.3) is 0 Å². The first-order chi connectivity index (χ1) is 9.17. The minimum absolute atomic E-state index is 0.0692. The van der Waals surface area contributed by atoms with Crippen LogP contribution in [0.4, 0.5) is 5.95 Å². The number of nitrogens with one attached hydrogen (secondary N) is 1. The molecule has 1 saturated carbocycles. The quantitative estimate of drug-likeness (QED) is 0.809. The number of thioether (sulfide) groups is 1. The minimum atomic E-state index is 0.0692. The van der Waals surface area contributed by atoms with Gasteiger partial charge in [0, 0.05) is 12.8 Å². The number of ether oxygens (including phenoxy) is 1. The maximum absolute atomic E-state index is 5.55. The van der Waals surface area contributed by atoms with Gasteiger partial charge in [-0.05, 0) is 32.6 Å². The smallest absolute Gasteiger partial charge is 0.322 e. The summed E-state index contributed by atoms with van der Waals surface area (Å²) in [5.74, 6) is 2.47. The number of anilines is 1. The van der Waals surface area contributed by atoms with Crippen LogP contribution in [0, 0.1) is 5.92 Å². The van der Waals surface area contributed by atoms with Crippen LogP contribution in [-0.4, -0.2) is 33.9 Å². The lowest BCUT2D eigenvalue weighted by Gasteiger charge is -2.11. The van der Waals surface area contributed by atoms with Crippen molar-refractivity contribution in [3.8, 4) is 6.01 Å². The van der Waals surface area contributed by atoms with Crippen LogP contribution in [0.2, 0.25) is 0 Å². The highest BCUT2D eigenvalue weighted by Gasteiger charge is 2.16. The summed E-state index contributed by atoms with van der Waals surface area (Å²) in [6.45, 7) is 3.93. The number of hydrogen-bond donors (Lipinski definition) is 1. The maximum Gasteiger partial charge on any atom is 0.322 e. The van der Waals surface area contributed by atoms with E-state index in [2.05, 4.69) is 20.3 Å². The molecule has 1 heterocycles. The van der Waals surface area contributed by atoms with E-state index in [-0.39, 0.29) is 6.10 Å². The zero-order valence-electron chi connectivity index (χ0n) is 11.8. The molecule has 106 valence electrons. The van der Waals surface area contributed by atoms with Crippen molar-refractivity contribution in [2.45, 2.75) is 50.8 Å². The fourth-order valence-corrected chi connectivity index (χ4v) is 3.16. The fourth-order valence-electron chi connectivity index (χ4n) is 2.15. The molecule has 5 nitrogen and oxygen atoms in total. The van der Waals surface area contributed by atoms with Crippen molar-refractivity contribution in [2.75, 3.05) is 18.1 Å². The van der Waals surface area contributed by atoms with Crippen molar-refractivity contribution in [3.63, 3.8) is 0 Å². The van der Waals surface area contributed by atoms with E-state index in [1.807, 2.05) is 13.8 Å². The molecule has 0 aliphatic heterocycles. The van der Waals surface area contributed by atoms with Gasteiger partial charge in [0.1, 0.15) is 0 Å². The predicted octanol–water partition coefficient (Wildman–Crippen LogP) is 2.98. The van der Waals surface area contributed by atoms with Crippen molar-refractivity contribution in [2.24, 2.45) is 5.92 Å². The molecule has 6 heteroatoms. The number of hydrogen-bond acceptors (Lipinski definition) is 6. The third-order valence-corrected chi connectivity index (χ3v) is 4.16. The van der Waals surface area contributed by atoms with Gasteiger partial charge in [0.15, 0.2) is 5.16 Å². The van der Waals surface area contributed by atoms with Gasteiger partial charge in [-0.2, -0.15) is 15.0 Å². The van der Waals surface area contributed by atoms with Crippen LogP contribution in [-0.2, 0) is 0 Å². The van der Waals surface area contributed by atoms with Crippen molar-refractivity contribution in [1.82, 2.24) is 15.0 Å². The molecule has 0 atom stereocenters. The Kier molecular flexibility index (Phi) is 5.24. The molecule has 19 heavy (non-hydrogen) atoms. The largest absolute Gasteiger partial charge is 0.461 e. The Morgan fingerprint density at radius 3 is 2.63 bits per heavy atom. The van der Waals surface area contributed by atoms with Crippen molar-refractivity contribution >= 4 is 17.7 Å². The third kappa shape index (κ3) is 4.53. The SMILES string of the molecule is CNc1nc(OC(C)C)nc(SCC2CCCC2)n1. The normalized spacial score (nSPS) is 16.0. The average Bonchev–Trinajstić information content (AvgIpc) is 2.88. The van der Waals surface area contributed by atoms with Gasteiger partial charge in [-0.1, -0.05) is 24.6 Å². The lowest BCUT2D eigenvalue weighted by molar-refractivity contribution is 0.219. The van der Waals surface area contributed by atoms with Crippen LogP contribution in [0.5, 0.6) is 6.01 Å². The molecule has 0 saturated heterocycles. The van der Waals surface area contributed by atoms with E-state index in [1.54, 1.807) is 18.8 Å². The summed E-state index contributed by atoms with van der Waals surface area (Å²) >= 11 is 1.71. The minimum Gasteiger partial charge on any atom is -0.461 e. The van der Waals surface area contributed by atoms with Crippen LogP contribution < -0.4 is 10.1 Å². The van der Waals surface area contributed by atoms with Crippen LogP contribution in [0.3, 0.4) is 0 Å². The van der Waals surface area contributed by atoms with Crippen molar-refractivity contribution in [3.05, 3.63) is 0 Å². The lowest BCUT2D eigenvalue weighted by Crippen LogP contribution is -2.11. The van der Waals surface area contributed by atoms with Crippen molar-refractivity contribution in [1.29, 1.82) is 0 Å². The topological polar surface area (TPSA) is 59.9 Å². The maximum atomic E-state index is 5.55. The van der Waals surface area contributed by atoms with Crippen LogP contribution in [0.15, 0.2) is 5.16 Å². The van der Waals surface area contributed by atoms with E-state index >= 15 is 0 Å². The van der Waals surface area contributed by atoms with E-state index in [1.165, 1.54) is 25.7 Å². The predicted molar refractivity (Wildman–Crippen MR) is 77.8 cm³/mol. The standard InChI is InChI=1S/C13H22N4OS/c1-9(2)18-12-15-11(14-3)16-13(17-12)19-8-10-6-4-5-7-10/h9-10H,4-8H2,1-3H3,(H,14,15,16,17). The Balaban J connectivity index is 2.00. The molecule has 0 bridgehead atoms. The molecule has 0 unspecified atom stereocenters. The second-order valence-electron chi connectivity index (χ2n) is 5.10. The van der Waals surface area contributed by atoms with E-state index in [4.69, 9.17) is 4.74 Å². The Labute approximate surface area is 119 Å². The van der Waals surface area contributed by atoms with Crippen LogP contribution >= 0.6 is 11.8 Å². The van der Waals surface area contributed by atoms with Crippen molar-refractivity contribution < 1.29 is 4.74 Å². The summed E-state index contributed by atoms with van der Waals surface area (Å²) < 4.78 is 5.55. The molecule has 0 radical (unpaired) electrons. The summed E-state index contributed by atoms with van der Waals surface area (Å²) in [7, 11) is 1.81. The Hall–Kier alpha value is -1.04. The highest BCUT2D eigenvalue weighted by atomic mass is 32.2. The molecular weight excluding hydrogens is 260 g/mol. The first-order valence-electron chi connectivity index (χ1n) is 6.90. The molecule has 1 aromatic rings. The van der Waals surface area contributed by atoms with Gasteiger partial charge in [-0.3, -0.25) is 0 Å². The third-order valence-electron chi connectivity index (χ3n) is 3.08. The lowest BCUT2D eigenvalue weighted by atomic mass is 10.1. The first-order valence-corrected chi connectivity index (χ1v) is 7.89. The number of rotatable bonds is 6. The zero-order chi connectivity index (χ0) is 13.7. The summed E-state index contributed by atoms with van der Waals surface area (Å²) in [6.07, 6.45) is 5.48. The zero-order valence-corrected chi connectivity index (χ0v) is 12.7. The Bertz CT molecular complexity index is 408. The molecule has 2 rings (SSSR count). The first kappa shape index (κ1) is 14.4. The molecule has 1 N–H and O–H groups in total. The van der Waals surface area contributed by atoms with Crippen LogP contribution in [0.25, 0.3) is 0 Å². The number of nitrogens with zero attached hydrogens (tertiary/aromatic N) is 3. The van der Waals surface area contributed by atoms with E-state index in [0.29, 0.717) is 12.0 Å². The molecule has 1 aliphatic carbocycles. The van der Waals surface area contributed by atoms with Gasteiger partial charge in [0.2, 0.25) is 5.95 Å². The second kappa shape index (κ2) is 6.93. The van der Waals surface area contributed by atoms with E-state index < -0.39 is 0 Å². The van der Waals surface area contributed by atoms with Gasteiger partial charge in [-0.15, -0.1) is 0 Å². The molecule has 0 amide bonds. The van der Waals surface area contributed by atoms with Crippen LogP contribution in [0.1, 0.15) is 39.5 Å². The Morgan fingerprint density at radius 2 is 2.00 bits per heavy atom. The van der Waals surface area contributed by atoms with Gasteiger partial charge >= 0.3 is 6.01 Å². The van der Waals surface area contributed by atoms with E-state index in [0.717, 1.165) is 16.8 Å². The molecule has 0 spiro atoms. The van der Waals surface area contributed by atoms with Gasteiger partial charge < -0.3 is 10.1 Å². The summed E-state index contributed by atoms with van der Waals surface area (Å²) in [4.78, 5) is 12.9. The summed E-state index contributed by atoms with van der Waals surface area (Å²) in [5, 5.41) is 3.71.